The van der Waals surface area contributed by atoms with Crippen LogP contribution in [0.4, 0.5) is 0 Å². The van der Waals surface area contributed by atoms with Gasteiger partial charge in [0.15, 0.2) is 5.82 Å². The first-order chi connectivity index (χ1) is 10.3. The molecule has 2 unspecified atom stereocenters. The second-order valence-electron chi connectivity index (χ2n) is 5.37. The first-order valence-corrected chi connectivity index (χ1v) is 7.53. The lowest BCUT2D eigenvalue weighted by atomic mass is 9.92. The summed E-state index contributed by atoms with van der Waals surface area (Å²) in [6, 6.07) is 8.46. The molecule has 1 aromatic carbocycles. The van der Waals surface area contributed by atoms with Crippen LogP contribution >= 0.6 is 0 Å². The quantitative estimate of drug-likeness (QED) is 0.915. The topological polar surface area (TPSA) is 60.2 Å². The molecule has 5 nitrogen and oxygen atoms in total. The molecule has 0 saturated heterocycles. The number of aromatic nitrogens is 2. The monoisotopic (exact) mass is 287 g/mol. The highest BCUT2D eigenvalue weighted by atomic mass is 16.5. The summed E-state index contributed by atoms with van der Waals surface area (Å²) in [4.78, 5) is 4.60. The largest absolute Gasteiger partial charge is 0.493 e. The van der Waals surface area contributed by atoms with Gasteiger partial charge in [-0.25, -0.2) is 0 Å². The number of nitrogens with zero attached hydrogens (tertiary/aromatic N) is 2. The van der Waals surface area contributed by atoms with Crippen LogP contribution in [0.15, 0.2) is 28.8 Å². The summed E-state index contributed by atoms with van der Waals surface area (Å²) in [5.41, 5.74) is 1.15. The lowest BCUT2D eigenvalue weighted by Gasteiger charge is -2.23. The number of ether oxygens (including phenoxy) is 1. The molecule has 21 heavy (non-hydrogen) atoms. The molecule has 0 bridgehead atoms. The number of fused-ring (bicyclic) bond motifs is 1. The molecule has 5 heteroatoms. The van der Waals surface area contributed by atoms with Gasteiger partial charge in [0.05, 0.1) is 12.5 Å². The van der Waals surface area contributed by atoms with Gasteiger partial charge in [-0.1, -0.05) is 30.3 Å². The van der Waals surface area contributed by atoms with Gasteiger partial charge >= 0.3 is 0 Å². The lowest BCUT2D eigenvalue weighted by molar-refractivity contribution is 0.272. The fourth-order valence-electron chi connectivity index (χ4n) is 2.76. The Bertz CT molecular complexity index is 593. The molecule has 3 rings (SSSR count). The van der Waals surface area contributed by atoms with E-state index in [2.05, 4.69) is 28.4 Å². The van der Waals surface area contributed by atoms with Crippen LogP contribution < -0.4 is 10.1 Å². The molecule has 1 aromatic heterocycles. The van der Waals surface area contributed by atoms with Crippen LogP contribution in [0.25, 0.3) is 0 Å². The number of benzene rings is 1. The molecule has 0 aliphatic carbocycles. The highest BCUT2D eigenvalue weighted by Crippen LogP contribution is 2.36. The van der Waals surface area contributed by atoms with Crippen LogP contribution in [0.5, 0.6) is 5.75 Å². The van der Waals surface area contributed by atoms with E-state index in [1.54, 1.807) is 0 Å². The van der Waals surface area contributed by atoms with Crippen molar-refractivity contribution in [2.24, 2.45) is 0 Å². The molecule has 0 saturated carbocycles. The third kappa shape index (κ3) is 2.93. The third-order valence-corrected chi connectivity index (χ3v) is 4.08. The van der Waals surface area contributed by atoms with Gasteiger partial charge in [-0.05, 0) is 26.0 Å². The standard InChI is InChI=1S/C16H21N3O2/c1-3-11(17-2)10-15-18-16(19-21-15)13-8-9-20-14-7-5-4-6-12(13)14/h4-7,11,13,17H,3,8-10H2,1-2H3. The highest BCUT2D eigenvalue weighted by molar-refractivity contribution is 5.40. The maximum absolute atomic E-state index is 5.69. The second-order valence-corrected chi connectivity index (χ2v) is 5.37. The summed E-state index contributed by atoms with van der Waals surface area (Å²) >= 11 is 0. The summed E-state index contributed by atoms with van der Waals surface area (Å²) in [7, 11) is 1.96. The molecular weight excluding hydrogens is 266 g/mol. The Morgan fingerprint density at radius 1 is 1.38 bits per heavy atom. The molecule has 0 radical (unpaired) electrons. The van der Waals surface area contributed by atoms with Crippen LogP contribution in [0.1, 0.15) is 43.0 Å². The normalized spacial score (nSPS) is 18.9. The Morgan fingerprint density at radius 2 is 2.24 bits per heavy atom. The number of likely N-dealkylation sites (N-methyl/N-ethyl adjacent to an activating group) is 1. The number of hydrogen-bond donors (Lipinski definition) is 1. The van der Waals surface area contributed by atoms with E-state index in [0.29, 0.717) is 18.5 Å². The van der Waals surface area contributed by atoms with Crippen LogP contribution in [0.2, 0.25) is 0 Å². The molecule has 1 N–H and O–H groups in total. The fraction of sp³-hybridized carbons (Fsp3) is 0.500. The molecular formula is C16H21N3O2. The van der Waals surface area contributed by atoms with E-state index in [1.807, 2.05) is 25.2 Å². The Labute approximate surface area is 124 Å². The van der Waals surface area contributed by atoms with Gasteiger partial charge in [-0.3, -0.25) is 0 Å². The predicted molar refractivity (Wildman–Crippen MR) is 79.5 cm³/mol. The van der Waals surface area contributed by atoms with Crippen molar-refractivity contribution in [3.63, 3.8) is 0 Å². The van der Waals surface area contributed by atoms with Crippen molar-refractivity contribution in [3.8, 4) is 5.75 Å². The Balaban J connectivity index is 1.81. The van der Waals surface area contributed by atoms with Crippen molar-refractivity contribution < 1.29 is 9.26 Å². The number of hydrogen-bond acceptors (Lipinski definition) is 5. The first kappa shape index (κ1) is 14.1. The van der Waals surface area contributed by atoms with E-state index in [9.17, 15) is 0 Å². The van der Waals surface area contributed by atoms with E-state index < -0.39 is 0 Å². The van der Waals surface area contributed by atoms with Gasteiger partial charge in [0, 0.05) is 18.0 Å². The Morgan fingerprint density at radius 3 is 3.05 bits per heavy atom. The number of nitrogens with one attached hydrogen (secondary N) is 1. The minimum absolute atomic E-state index is 0.169. The Hall–Kier alpha value is -1.88. The van der Waals surface area contributed by atoms with Crippen molar-refractivity contribution in [1.82, 2.24) is 15.5 Å². The zero-order valence-corrected chi connectivity index (χ0v) is 12.5. The SMILES string of the molecule is CCC(Cc1nc(C2CCOc3ccccc32)no1)NC. The van der Waals surface area contributed by atoms with Gasteiger partial charge < -0.3 is 14.6 Å². The maximum Gasteiger partial charge on any atom is 0.228 e. The van der Waals surface area contributed by atoms with E-state index in [-0.39, 0.29) is 5.92 Å². The molecule has 2 aromatic rings. The Kier molecular flexibility index (Phi) is 4.20. The number of rotatable bonds is 5. The average molecular weight is 287 g/mol. The summed E-state index contributed by atoms with van der Waals surface area (Å²) in [6.07, 6.45) is 2.69. The van der Waals surface area contributed by atoms with Crippen molar-refractivity contribution >= 4 is 0 Å². The van der Waals surface area contributed by atoms with Gasteiger partial charge in [-0.2, -0.15) is 4.98 Å². The van der Waals surface area contributed by atoms with Crippen molar-refractivity contribution in [2.75, 3.05) is 13.7 Å². The molecule has 2 heterocycles. The zero-order valence-electron chi connectivity index (χ0n) is 12.5. The molecule has 0 amide bonds. The van der Waals surface area contributed by atoms with Gasteiger partial charge in [-0.15, -0.1) is 0 Å². The summed E-state index contributed by atoms with van der Waals surface area (Å²) in [5, 5.41) is 7.45. The van der Waals surface area contributed by atoms with Gasteiger partial charge in [0.2, 0.25) is 5.89 Å². The second kappa shape index (κ2) is 6.26. The smallest absolute Gasteiger partial charge is 0.228 e. The van der Waals surface area contributed by atoms with Crippen LogP contribution in [0, 0.1) is 0 Å². The molecule has 0 spiro atoms. The molecule has 1 aliphatic heterocycles. The lowest BCUT2D eigenvalue weighted by Crippen LogP contribution is -2.26. The summed E-state index contributed by atoms with van der Waals surface area (Å²) < 4.78 is 11.1. The predicted octanol–water partition coefficient (Wildman–Crippen LogP) is 2.52. The van der Waals surface area contributed by atoms with Crippen LogP contribution in [0.3, 0.4) is 0 Å². The third-order valence-electron chi connectivity index (χ3n) is 4.08. The molecule has 112 valence electrons. The van der Waals surface area contributed by atoms with E-state index in [1.165, 1.54) is 0 Å². The minimum Gasteiger partial charge on any atom is -0.493 e. The highest BCUT2D eigenvalue weighted by Gasteiger charge is 2.27. The fourth-order valence-corrected chi connectivity index (χ4v) is 2.76. The van der Waals surface area contributed by atoms with Gasteiger partial charge in [0.25, 0.3) is 0 Å². The first-order valence-electron chi connectivity index (χ1n) is 7.53. The van der Waals surface area contributed by atoms with Crippen molar-refractivity contribution in [1.29, 1.82) is 0 Å². The average Bonchev–Trinajstić information content (AvgIpc) is 3.00. The maximum atomic E-state index is 5.69. The van der Waals surface area contributed by atoms with E-state index in [4.69, 9.17) is 9.26 Å². The summed E-state index contributed by atoms with van der Waals surface area (Å²) in [6.45, 7) is 2.84. The molecule has 1 aliphatic rings. The van der Waals surface area contributed by atoms with E-state index >= 15 is 0 Å². The zero-order chi connectivity index (χ0) is 14.7. The molecule has 0 fully saturated rings. The van der Waals surface area contributed by atoms with Gasteiger partial charge in [0.1, 0.15) is 5.75 Å². The summed E-state index contributed by atoms with van der Waals surface area (Å²) in [5.74, 6) is 2.57. The van der Waals surface area contributed by atoms with Crippen molar-refractivity contribution in [2.45, 2.75) is 38.1 Å². The molecule has 2 atom stereocenters. The van der Waals surface area contributed by atoms with Crippen LogP contribution in [-0.4, -0.2) is 29.8 Å². The van der Waals surface area contributed by atoms with E-state index in [0.717, 1.165) is 36.4 Å². The number of para-hydroxylation sites is 1. The van der Waals surface area contributed by atoms with Crippen molar-refractivity contribution in [3.05, 3.63) is 41.5 Å². The minimum atomic E-state index is 0.169. The van der Waals surface area contributed by atoms with Crippen LogP contribution in [-0.2, 0) is 6.42 Å².